The summed E-state index contributed by atoms with van der Waals surface area (Å²) in [4.78, 5) is 14.8. The lowest BCUT2D eigenvalue weighted by Gasteiger charge is -2.27. The van der Waals surface area contributed by atoms with E-state index in [1.54, 1.807) is 21.6 Å². The molecule has 0 N–H and O–H groups in total. The molecule has 4 aromatic rings. The molecule has 39 heavy (non-hydrogen) atoms. The first-order chi connectivity index (χ1) is 19.1. The van der Waals surface area contributed by atoms with Gasteiger partial charge in [0.25, 0.3) is 0 Å². The van der Waals surface area contributed by atoms with Crippen LogP contribution in [0.5, 0.6) is 5.75 Å². The van der Waals surface area contributed by atoms with Crippen LogP contribution in [0.2, 0.25) is 0 Å². The predicted molar refractivity (Wildman–Crippen MR) is 177 cm³/mol. The second-order valence-electron chi connectivity index (χ2n) is 9.32. The zero-order chi connectivity index (χ0) is 26.9. The standard InChI is InChI=1S/C33H30O2PS3/c34-33(35-27-21-19-26(20-22-27)32-24-31(37)25-38-39-32)18-10-11-23-36(28-12-4-1-5-13-28,29-14-6-2-7-15-29)30-16-8-3-9-17-30/h1-9,12-17,19-22,24H,10-11,18,23,25H2/q+1. The second kappa shape index (κ2) is 13.6. The summed E-state index contributed by atoms with van der Waals surface area (Å²) in [5.41, 5.74) is 1.09. The Morgan fingerprint density at radius 1 is 0.744 bits per heavy atom. The van der Waals surface area contributed by atoms with Crippen molar-refractivity contribution in [1.82, 2.24) is 0 Å². The van der Waals surface area contributed by atoms with Crippen LogP contribution >= 0.6 is 41.1 Å². The smallest absolute Gasteiger partial charge is 0.311 e. The van der Waals surface area contributed by atoms with Gasteiger partial charge in [0.05, 0.1) is 6.16 Å². The molecule has 6 heteroatoms. The Hall–Kier alpha value is -2.69. The number of benzene rings is 4. The minimum absolute atomic E-state index is 0.186. The van der Waals surface area contributed by atoms with E-state index < -0.39 is 7.26 Å². The van der Waals surface area contributed by atoms with E-state index in [4.69, 9.17) is 17.0 Å². The molecular formula is C33H30O2PS3+. The molecule has 0 bridgehead atoms. The van der Waals surface area contributed by atoms with Crippen LogP contribution in [-0.4, -0.2) is 22.7 Å². The van der Waals surface area contributed by atoms with Crippen molar-refractivity contribution in [2.75, 3.05) is 11.9 Å². The Morgan fingerprint density at radius 2 is 1.28 bits per heavy atom. The lowest BCUT2D eigenvalue weighted by Crippen LogP contribution is -2.33. The van der Waals surface area contributed by atoms with E-state index in [9.17, 15) is 4.79 Å². The number of hydrogen-bond donors (Lipinski definition) is 0. The molecule has 0 spiro atoms. The van der Waals surface area contributed by atoms with Crippen molar-refractivity contribution in [3.05, 3.63) is 127 Å². The van der Waals surface area contributed by atoms with Gasteiger partial charge >= 0.3 is 5.97 Å². The molecule has 1 heterocycles. The van der Waals surface area contributed by atoms with Crippen molar-refractivity contribution in [3.8, 4) is 5.75 Å². The molecule has 1 aliphatic rings. The number of carbonyl (C=O) groups excluding carboxylic acids is 1. The average molecular weight is 586 g/mol. The van der Waals surface area contributed by atoms with Crippen molar-refractivity contribution in [2.45, 2.75) is 19.3 Å². The summed E-state index contributed by atoms with van der Waals surface area (Å²) in [7, 11) is 1.62. The fraction of sp³-hybridized carbons (Fsp3) is 0.152. The molecule has 0 aliphatic carbocycles. The van der Waals surface area contributed by atoms with Crippen LogP contribution in [0.15, 0.2) is 121 Å². The molecule has 0 aromatic heterocycles. The monoisotopic (exact) mass is 585 g/mol. The minimum atomic E-state index is -1.87. The van der Waals surface area contributed by atoms with Crippen molar-refractivity contribution in [2.24, 2.45) is 0 Å². The molecule has 0 saturated carbocycles. The SMILES string of the molecule is O=C(CCCC[P+](c1ccccc1)(c1ccccc1)c1ccccc1)Oc1ccc(C2=CC(=S)CSS2)cc1. The zero-order valence-corrected chi connectivity index (χ0v) is 24.9. The van der Waals surface area contributed by atoms with E-state index in [0.29, 0.717) is 12.2 Å². The number of unbranched alkanes of at least 4 members (excludes halogenated alkanes) is 1. The van der Waals surface area contributed by atoms with Gasteiger partial charge < -0.3 is 4.74 Å². The van der Waals surface area contributed by atoms with Crippen LogP contribution in [0.4, 0.5) is 0 Å². The summed E-state index contributed by atoms with van der Waals surface area (Å²) >= 11 is 5.34. The van der Waals surface area contributed by atoms with Crippen molar-refractivity contribution < 1.29 is 9.53 Å². The van der Waals surface area contributed by atoms with Gasteiger partial charge in [0.1, 0.15) is 28.9 Å². The number of carbonyl (C=O) groups is 1. The summed E-state index contributed by atoms with van der Waals surface area (Å²) in [6.07, 6.45) is 5.17. The first kappa shape index (κ1) is 27.9. The third-order valence-corrected chi connectivity index (χ3v) is 14.0. The van der Waals surface area contributed by atoms with Crippen LogP contribution in [0, 0.1) is 0 Å². The highest BCUT2D eigenvalue weighted by Crippen LogP contribution is 2.56. The zero-order valence-electron chi connectivity index (χ0n) is 21.6. The number of hydrogen-bond acceptors (Lipinski definition) is 5. The highest BCUT2D eigenvalue weighted by atomic mass is 33.1. The van der Waals surface area contributed by atoms with Crippen molar-refractivity contribution >= 4 is 72.7 Å². The summed E-state index contributed by atoms with van der Waals surface area (Å²) in [5, 5.41) is 4.11. The van der Waals surface area contributed by atoms with Crippen molar-refractivity contribution in [1.29, 1.82) is 0 Å². The lowest BCUT2D eigenvalue weighted by atomic mass is 10.2. The fourth-order valence-electron chi connectivity index (χ4n) is 4.86. The Morgan fingerprint density at radius 3 is 1.79 bits per heavy atom. The molecule has 5 rings (SSSR count). The highest BCUT2D eigenvalue weighted by molar-refractivity contribution is 8.80. The van der Waals surface area contributed by atoms with Gasteiger partial charge in [-0.3, -0.25) is 4.79 Å². The van der Waals surface area contributed by atoms with E-state index in [1.165, 1.54) is 15.9 Å². The van der Waals surface area contributed by atoms with E-state index in [-0.39, 0.29) is 5.97 Å². The summed E-state index contributed by atoms with van der Waals surface area (Å²) in [6.45, 7) is 0. The fourth-order valence-corrected chi connectivity index (χ4v) is 12.0. The van der Waals surface area contributed by atoms with Gasteiger partial charge in [-0.25, -0.2) is 0 Å². The summed E-state index contributed by atoms with van der Waals surface area (Å²) < 4.78 is 5.68. The third kappa shape index (κ3) is 6.91. The molecule has 0 radical (unpaired) electrons. The van der Waals surface area contributed by atoms with Gasteiger partial charge in [0.2, 0.25) is 0 Å². The maximum absolute atomic E-state index is 12.7. The number of thiocarbonyl (C=S) groups is 1. The quantitative estimate of drug-likeness (QED) is 0.0472. The summed E-state index contributed by atoms with van der Waals surface area (Å²) in [6, 6.07) is 40.3. The molecule has 0 unspecified atom stereocenters. The Bertz CT molecular complexity index is 1330. The third-order valence-electron chi connectivity index (χ3n) is 6.73. The van der Waals surface area contributed by atoms with Gasteiger partial charge in [-0.15, -0.1) is 0 Å². The molecule has 0 amide bonds. The van der Waals surface area contributed by atoms with Gasteiger partial charge in [-0.2, -0.15) is 0 Å². The Kier molecular flexibility index (Phi) is 9.71. The molecule has 0 atom stereocenters. The van der Waals surface area contributed by atoms with Gasteiger partial charge in [0.15, 0.2) is 0 Å². The van der Waals surface area contributed by atoms with Crippen LogP contribution in [0.25, 0.3) is 4.91 Å². The average Bonchev–Trinajstić information content (AvgIpc) is 2.99. The van der Waals surface area contributed by atoms with Crippen LogP contribution in [-0.2, 0) is 4.79 Å². The van der Waals surface area contributed by atoms with Gasteiger partial charge in [-0.1, -0.05) is 101 Å². The molecule has 2 nitrogen and oxygen atoms in total. The van der Waals surface area contributed by atoms with Crippen LogP contribution in [0.3, 0.4) is 0 Å². The lowest BCUT2D eigenvalue weighted by molar-refractivity contribution is -0.134. The first-order valence-corrected chi connectivity index (χ1v) is 17.8. The van der Waals surface area contributed by atoms with E-state index in [0.717, 1.165) is 40.1 Å². The number of esters is 1. The number of ether oxygens (including phenoxy) is 1. The maximum atomic E-state index is 12.7. The summed E-state index contributed by atoms with van der Waals surface area (Å²) in [5.74, 6) is 1.28. The van der Waals surface area contributed by atoms with Crippen molar-refractivity contribution in [3.63, 3.8) is 0 Å². The molecule has 196 valence electrons. The Labute approximate surface area is 245 Å². The molecule has 1 aliphatic heterocycles. The van der Waals surface area contributed by atoms with Crippen LogP contribution in [0.1, 0.15) is 24.8 Å². The van der Waals surface area contributed by atoms with Gasteiger partial charge in [-0.05, 0) is 73.0 Å². The topological polar surface area (TPSA) is 26.3 Å². The second-order valence-corrected chi connectivity index (χ2v) is 15.8. The maximum Gasteiger partial charge on any atom is 0.311 e. The Balaban J connectivity index is 1.26. The minimum Gasteiger partial charge on any atom is -0.427 e. The van der Waals surface area contributed by atoms with E-state index in [2.05, 4.69) is 97.1 Å². The molecule has 0 saturated heterocycles. The largest absolute Gasteiger partial charge is 0.427 e. The predicted octanol–water partition coefficient (Wildman–Crippen LogP) is 7.86. The highest BCUT2D eigenvalue weighted by Gasteiger charge is 2.44. The normalized spacial score (nSPS) is 13.5. The number of rotatable bonds is 10. The van der Waals surface area contributed by atoms with E-state index >= 15 is 0 Å². The molecule has 0 fully saturated rings. The van der Waals surface area contributed by atoms with Gasteiger partial charge in [0, 0.05) is 21.9 Å². The first-order valence-electron chi connectivity index (χ1n) is 13.1. The van der Waals surface area contributed by atoms with Crippen LogP contribution < -0.4 is 20.7 Å². The van der Waals surface area contributed by atoms with E-state index in [1.807, 2.05) is 24.3 Å². The molecular weight excluding hydrogens is 556 g/mol. The molecule has 4 aromatic carbocycles. The number of allylic oxidation sites excluding steroid dienone is 1.